The van der Waals surface area contributed by atoms with Crippen LogP contribution in [0.4, 0.5) is 17.1 Å². The second kappa shape index (κ2) is 13.4. The van der Waals surface area contributed by atoms with Crippen LogP contribution in [0, 0.1) is 0 Å². The highest BCUT2D eigenvalue weighted by Gasteiger charge is 2.40. The minimum Gasteiger partial charge on any atom is -0.455 e. The lowest BCUT2D eigenvalue weighted by Crippen LogP contribution is -2.16. The molecule has 60 heavy (non-hydrogen) atoms. The molecule has 0 saturated carbocycles. The topological polar surface area (TPSA) is 16.4 Å². The maximum atomic E-state index is 6.52. The van der Waals surface area contributed by atoms with E-state index in [1.807, 2.05) is 17.4 Å². The first-order chi connectivity index (χ1) is 29.5. The molecule has 0 aliphatic heterocycles. The van der Waals surface area contributed by atoms with Crippen molar-refractivity contribution in [1.82, 2.24) is 0 Å². The number of hydrogen-bond donors (Lipinski definition) is 0. The number of nitrogens with zero attached hydrogens (tertiary/aromatic N) is 1. The van der Waals surface area contributed by atoms with Crippen molar-refractivity contribution in [2.75, 3.05) is 4.90 Å². The lowest BCUT2D eigenvalue weighted by atomic mass is 9.82. The van der Waals surface area contributed by atoms with Gasteiger partial charge in [-0.25, -0.2) is 0 Å². The largest absolute Gasteiger partial charge is 0.455 e. The van der Waals surface area contributed by atoms with E-state index in [-0.39, 0.29) is 5.41 Å². The molecule has 0 unspecified atom stereocenters. The Morgan fingerprint density at radius 1 is 0.433 bits per heavy atom. The van der Waals surface area contributed by atoms with Crippen LogP contribution in [-0.4, -0.2) is 0 Å². The number of furan rings is 1. The SMILES string of the molecule is CC1(C)c2ccc(-c3ccccc3)cc2-c2c1cc1sc3ccccc3c1c2N(c1ccc(-c2ccccc2)cc1)c1ccc(-c2cccc3c2oc2ccccc23)cc1. The Morgan fingerprint density at radius 2 is 1.02 bits per heavy atom. The van der Waals surface area contributed by atoms with Crippen molar-refractivity contribution in [1.29, 1.82) is 0 Å². The van der Waals surface area contributed by atoms with Gasteiger partial charge in [0, 0.05) is 58.9 Å². The number of anilines is 3. The maximum Gasteiger partial charge on any atom is 0.143 e. The molecule has 1 aliphatic carbocycles. The highest BCUT2D eigenvalue weighted by Crippen LogP contribution is 2.59. The third-order valence-corrected chi connectivity index (χ3v) is 13.8. The number of thiophene rings is 1. The summed E-state index contributed by atoms with van der Waals surface area (Å²) in [6, 6.07) is 73.0. The standard InChI is InChI=1S/C57H39NOS/c1-57(2)48-33-28-40(37-16-7-4-8-17-37)34-47(48)53-49(57)35-52-54(46-19-10-12-23-51(46)60-52)55(53)58(41-29-24-38(25-30-41)36-14-5-3-6-15-36)42-31-26-39(27-32-42)43-20-13-21-45-44-18-9-11-22-50(44)59-56(43)45/h3-35H,1-2H3. The summed E-state index contributed by atoms with van der Waals surface area (Å²) in [4.78, 5) is 2.53. The van der Waals surface area contributed by atoms with Gasteiger partial charge >= 0.3 is 0 Å². The molecular weight excluding hydrogens is 747 g/mol. The van der Waals surface area contributed by atoms with Crippen molar-refractivity contribution in [3.8, 4) is 44.5 Å². The average molecular weight is 786 g/mol. The zero-order chi connectivity index (χ0) is 40.0. The van der Waals surface area contributed by atoms with Gasteiger partial charge in [-0.2, -0.15) is 0 Å². The van der Waals surface area contributed by atoms with Crippen molar-refractivity contribution in [2.24, 2.45) is 0 Å². The molecule has 0 spiro atoms. The Bertz CT molecular complexity index is 3430. The van der Waals surface area contributed by atoms with Crippen molar-refractivity contribution in [2.45, 2.75) is 19.3 Å². The summed E-state index contributed by atoms with van der Waals surface area (Å²) in [6.45, 7) is 4.80. The van der Waals surface area contributed by atoms with E-state index in [0.29, 0.717) is 0 Å². The third kappa shape index (κ3) is 5.33. The van der Waals surface area contributed by atoms with Gasteiger partial charge in [-0.05, 0) is 93.0 Å². The van der Waals surface area contributed by atoms with E-state index in [0.717, 1.165) is 44.4 Å². The Hall–Kier alpha value is -7.20. The molecule has 1 aliphatic rings. The van der Waals surface area contributed by atoms with Gasteiger partial charge in [0.1, 0.15) is 11.2 Å². The van der Waals surface area contributed by atoms with E-state index in [9.17, 15) is 0 Å². The molecule has 0 amide bonds. The third-order valence-electron chi connectivity index (χ3n) is 12.7. The van der Waals surface area contributed by atoms with E-state index in [4.69, 9.17) is 4.42 Å². The van der Waals surface area contributed by atoms with Gasteiger partial charge in [0.15, 0.2) is 0 Å². The molecule has 2 heterocycles. The van der Waals surface area contributed by atoms with E-state index in [1.165, 1.54) is 70.4 Å². The number of benzene rings is 9. The molecular formula is C57H39NOS. The molecule has 0 N–H and O–H groups in total. The summed E-state index contributed by atoms with van der Waals surface area (Å²) in [7, 11) is 0. The lowest BCUT2D eigenvalue weighted by molar-refractivity contribution is 0.661. The molecule has 11 aromatic rings. The lowest BCUT2D eigenvalue weighted by Gasteiger charge is -2.30. The van der Waals surface area contributed by atoms with Gasteiger partial charge in [0.05, 0.1) is 5.69 Å². The van der Waals surface area contributed by atoms with Gasteiger partial charge < -0.3 is 9.32 Å². The Labute approximate surface area is 353 Å². The van der Waals surface area contributed by atoms with Crippen LogP contribution in [-0.2, 0) is 5.41 Å². The molecule has 0 fully saturated rings. The van der Waals surface area contributed by atoms with Crippen LogP contribution in [0.2, 0.25) is 0 Å². The van der Waals surface area contributed by atoms with E-state index in [1.54, 1.807) is 0 Å². The minimum atomic E-state index is -0.211. The predicted molar refractivity (Wildman–Crippen MR) is 255 cm³/mol. The van der Waals surface area contributed by atoms with Crippen LogP contribution in [0.5, 0.6) is 0 Å². The first-order valence-corrected chi connectivity index (χ1v) is 21.5. The predicted octanol–water partition coefficient (Wildman–Crippen LogP) is 16.7. The van der Waals surface area contributed by atoms with Gasteiger partial charge in [-0.15, -0.1) is 11.3 Å². The van der Waals surface area contributed by atoms with Gasteiger partial charge in [0.25, 0.3) is 0 Å². The van der Waals surface area contributed by atoms with E-state index in [2.05, 4.69) is 213 Å². The number of hydrogen-bond acceptors (Lipinski definition) is 3. The van der Waals surface area contributed by atoms with Gasteiger partial charge in [-0.3, -0.25) is 0 Å². The number of rotatable bonds is 6. The molecule has 9 aromatic carbocycles. The second-order valence-corrected chi connectivity index (χ2v) is 17.5. The van der Waals surface area contributed by atoms with Crippen LogP contribution < -0.4 is 4.90 Å². The first kappa shape index (κ1) is 34.8. The summed E-state index contributed by atoms with van der Waals surface area (Å²) in [6.07, 6.45) is 0. The smallest absolute Gasteiger partial charge is 0.143 e. The monoisotopic (exact) mass is 785 g/mol. The van der Waals surface area contributed by atoms with Gasteiger partial charge in [0.2, 0.25) is 0 Å². The molecule has 2 nitrogen and oxygen atoms in total. The molecule has 0 atom stereocenters. The summed E-state index contributed by atoms with van der Waals surface area (Å²) in [5.41, 5.74) is 17.4. The average Bonchev–Trinajstić information content (AvgIpc) is 3.95. The summed E-state index contributed by atoms with van der Waals surface area (Å²) in [5, 5.41) is 4.83. The maximum absolute atomic E-state index is 6.52. The first-order valence-electron chi connectivity index (χ1n) is 20.7. The zero-order valence-electron chi connectivity index (χ0n) is 33.3. The van der Waals surface area contributed by atoms with Gasteiger partial charge in [-0.1, -0.05) is 166 Å². The quantitative estimate of drug-likeness (QED) is 0.167. The molecule has 3 heteroatoms. The molecule has 2 aromatic heterocycles. The van der Waals surface area contributed by atoms with Crippen LogP contribution in [0.1, 0.15) is 25.0 Å². The Balaban J connectivity index is 1.13. The molecule has 0 bridgehead atoms. The molecule has 284 valence electrons. The number of fused-ring (bicyclic) bond motifs is 9. The number of para-hydroxylation sites is 2. The summed E-state index contributed by atoms with van der Waals surface area (Å²) < 4.78 is 9.11. The Morgan fingerprint density at radius 3 is 1.75 bits per heavy atom. The Kier molecular flexibility index (Phi) is 7.79. The van der Waals surface area contributed by atoms with Crippen molar-refractivity contribution in [3.63, 3.8) is 0 Å². The second-order valence-electron chi connectivity index (χ2n) is 16.4. The van der Waals surface area contributed by atoms with Crippen LogP contribution >= 0.6 is 11.3 Å². The van der Waals surface area contributed by atoms with Crippen molar-refractivity contribution in [3.05, 3.63) is 211 Å². The van der Waals surface area contributed by atoms with Crippen LogP contribution in [0.15, 0.2) is 205 Å². The fraction of sp³-hybridized carbons (Fsp3) is 0.0526. The molecule has 12 rings (SSSR count). The highest BCUT2D eigenvalue weighted by molar-refractivity contribution is 7.26. The van der Waals surface area contributed by atoms with Crippen molar-refractivity contribution < 1.29 is 4.42 Å². The fourth-order valence-corrected chi connectivity index (χ4v) is 10.9. The van der Waals surface area contributed by atoms with Crippen molar-refractivity contribution >= 4 is 70.5 Å². The fourth-order valence-electron chi connectivity index (χ4n) is 9.71. The van der Waals surface area contributed by atoms with E-state index < -0.39 is 0 Å². The molecule has 0 saturated heterocycles. The minimum absolute atomic E-state index is 0.211. The van der Waals surface area contributed by atoms with Crippen LogP contribution in [0.3, 0.4) is 0 Å². The normalized spacial score (nSPS) is 13.0. The zero-order valence-corrected chi connectivity index (χ0v) is 34.1. The summed E-state index contributed by atoms with van der Waals surface area (Å²) >= 11 is 1.89. The highest BCUT2D eigenvalue weighted by atomic mass is 32.1. The molecule has 0 radical (unpaired) electrons. The van der Waals surface area contributed by atoms with E-state index >= 15 is 0 Å². The van der Waals surface area contributed by atoms with Crippen LogP contribution in [0.25, 0.3) is 86.6 Å². The summed E-state index contributed by atoms with van der Waals surface area (Å²) in [5.74, 6) is 0.